The molecule has 0 bridgehead atoms. The third kappa shape index (κ3) is 0.988. The van der Waals surface area contributed by atoms with Crippen LogP contribution in [0.1, 0.15) is 0 Å². The highest BCUT2D eigenvalue weighted by molar-refractivity contribution is 9.10. The van der Waals surface area contributed by atoms with Crippen LogP contribution in [-0.2, 0) is 0 Å². The van der Waals surface area contributed by atoms with Gasteiger partial charge < -0.3 is 0 Å². The molecule has 0 aliphatic rings. The Bertz CT molecular complexity index is 398. The molecule has 0 unspecified atom stereocenters. The molecule has 0 aromatic carbocycles. The molecule has 0 spiro atoms. The van der Waals surface area contributed by atoms with Gasteiger partial charge in [-0.05, 0) is 32.4 Å². The van der Waals surface area contributed by atoms with Crippen LogP contribution in [0.2, 0.25) is 0 Å². The Labute approximate surface area is 69.1 Å². The summed E-state index contributed by atoms with van der Waals surface area (Å²) in [4.78, 5) is 0. The van der Waals surface area contributed by atoms with Crippen LogP contribution in [0.15, 0.2) is 16.7 Å². The molecule has 56 valence electrons. The lowest BCUT2D eigenvalue weighted by Crippen LogP contribution is -1.90. The molecule has 6 heteroatoms. The summed E-state index contributed by atoms with van der Waals surface area (Å²) < 4.78 is 14.8. The summed E-state index contributed by atoms with van der Waals surface area (Å²) in [6.07, 6.45) is 1.58. The van der Waals surface area contributed by atoms with Gasteiger partial charge in [-0.25, -0.2) is 4.39 Å². The van der Waals surface area contributed by atoms with Crippen molar-refractivity contribution in [3.63, 3.8) is 0 Å². The Balaban J connectivity index is 2.91. The molecule has 0 aliphatic heterocycles. The molecule has 2 aromatic rings. The van der Waals surface area contributed by atoms with E-state index >= 15 is 0 Å². The lowest BCUT2D eigenvalue weighted by atomic mass is 10.5. The van der Waals surface area contributed by atoms with Crippen LogP contribution in [0.3, 0.4) is 0 Å². The molecule has 2 aromatic heterocycles. The van der Waals surface area contributed by atoms with E-state index in [1.165, 1.54) is 10.6 Å². The summed E-state index contributed by atoms with van der Waals surface area (Å²) in [7, 11) is 0. The summed E-state index contributed by atoms with van der Waals surface area (Å²) in [6, 6.07) is 1.31. The van der Waals surface area contributed by atoms with Crippen molar-refractivity contribution in [3.05, 3.63) is 22.6 Å². The van der Waals surface area contributed by atoms with Gasteiger partial charge in [0, 0.05) is 10.7 Å². The Morgan fingerprint density at radius 1 is 1.55 bits per heavy atom. The number of nitrogens with zero attached hydrogens (tertiary/aromatic N) is 4. The van der Waals surface area contributed by atoms with Gasteiger partial charge in [-0.1, -0.05) is 0 Å². The first-order chi connectivity index (χ1) is 5.27. The number of hydrogen-bond acceptors (Lipinski definition) is 3. The van der Waals surface area contributed by atoms with Crippen LogP contribution in [-0.4, -0.2) is 20.0 Å². The molecule has 0 N–H and O–H groups in total. The quantitative estimate of drug-likeness (QED) is 0.661. The molecular formula is C5H2BrFN4. The zero-order valence-corrected chi connectivity index (χ0v) is 6.79. The Hall–Kier alpha value is -1.04. The third-order valence-electron chi connectivity index (χ3n) is 1.22. The van der Waals surface area contributed by atoms with Crippen molar-refractivity contribution >= 4 is 21.6 Å². The van der Waals surface area contributed by atoms with E-state index in [4.69, 9.17) is 0 Å². The van der Waals surface area contributed by atoms with Gasteiger partial charge in [-0.2, -0.15) is 4.52 Å². The van der Waals surface area contributed by atoms with Gasteiger partial charge in [0.25, 0.3) is 0 Å². The molecule has 0 aliphatic carbocycles. The summed E-state index contributed by atoms with van der Waals surface area (Å²) >= 11 is 3.11. The molecular weight excluding hydrogens is 215 g/mol. The second-order valence-corrected chi connectivity index (χ2v) is 2.87. The number of halogens is 2. The fourth-order valence-electron chi connectivity index (χ4n) is 0.777. The van der Waals surface area contributed by atoms with Crippen molar-refractivity contribution in [2.75, 3.05) is 0 Å². The summed E-state index contributed by atoms with van der Waals surface area (Å²) in [5.74, 6) is -0.440. The zero-order valence-electron chi connectivity index (χ0n) is 5.20. The lowest BCUT2D eigenvalue weighted by molar-refractivity contribution is 0.626. The van der Waals surface area contributed by atoms with Crippen LogP contribution in [0.4, 0.5) is 4.39 Å². The van der Waals surface area contributed by atoms with Gasteiger partial charge in [-0.15, -0.1) is 5.10 Å². The van der Waals surface area contributed by atoms with Crippen LogP contribution >= 0.6 is 15.9 Å². The zero-order chi connectivity index (χ0) is 7.84. The predicted octanol–water partition coefficient (Wildman–Crippen LogP) is 1.03. The number of tetrazole rings is 1. The van der Waals surface area contributed by atoms with Gasteiger partial charge in [0.2, 0.25) is 5.65 Å². The number of aromatic nitrogens is 4. The number of fused-ring (bicyclic) bond motifs is 1. The van der Waals surface area contributed by atoms with E-state index in [2.05, 4.69) is 31.5 Å². The maximum Gasteiger partial charge on any atom is 0.215 e. The minimum absolute atomic E-state index is 0.133. The van der Waals surface area contributed by atoms with Crippen LogP contribution in [0, 0.1) is 5.82 Å². The highest BCUT2D eigenvalue weighted by Crippen LogP contribution is 2.12. The summed E-state index contributed by atoms with van der Waals surface area (Å²) in [5.41, 5.74) is 0.133. The average molecular weight is 217 g/mol. The highest BCUT2D eigenvalue weighted by Gasteiger charge is 2.04. The first-order valence-corrected chi connectivity index (χ1v) is 3.59. The van der Waals surface area contributed by atoms with Crippen molar-refractivity contribution in [2.24, 2.45) is 0 Å². The molecule has 2 heterocycles. The average Bonchev–Trinajstić information content (AvgIpc) is 2.34. The van der Waals surface area contributed by atoms with Crippen molar-refractivity contribution in [1.29, 1.82) is 0 Å². The summed E-state index contributed by atoms with van der Waals surface area (Å²) in [5, 5.41) is 10.3. The number of rotatable bonds is 0. The first kappa shape index (κ1) is 6.66. The van der Waals surface area contributed by atoms with Crippen molar-refractivity contribution in [2.45, 2.75) is 0 Å². The Kier molecular flexibility index (Phi) is 1.35. The Morgan fingerprint density at radius 2 is 2.36 bits per heavy atom. The van der Waals surface area contributed by atoms with Crippen LogP contribution in [0.5, 0.6) is 0 Å². The molecule has 0 saturated heterocycles. The fraction of sp³-hybridized carbons (Fsp3) is 0. The molecule has 0 saturated carbocycles. The SMILES string of the molecule is Fc1cc(Br)cn2nnnc12. The minimum Gasteiger partial charge on any atom is -0.203 e. The van der Waals surface area contributed by atoms with Gasteiger partial charge in [0.1, 0.15) is 0 Å². The van der Waals surface area contributed by atoms with Crippen LogP contribution < -0.4 is 0 Å². The second kappa shape index (κ2) is 2.23. The molecule has 2 rings (SSSR count). The predicted molar refractivity (Wildman–Crippen MR) is 38.4 cm³/mol. The topological polar surface area (TPSA) is 43.1 Å². The van der Waals surface area contributed by atoms with Gasteiger partial charge in [0.05, 0.1) is 0 Å². The number of hydrogen-bond donors (Lipinski definition) is 0. The van der Waals surface area contributed by atoms with E-state index < -0.39 is 5.82 Å². The normalized spacial score (nSPS) is 10.7. The first-order valence-electron chi connectivity index (χ1n) is 2.80. The van der Waals surface area contributed by atoms with E-state index in [0.29, 0.717) is 4.47 Å². The summed E-state index contributed by atoms with van der Waals surface area (Å²) in [6.45, 7) is 0. The van der Waals surface area contributed by atoms with Gasteiger partial charge in [0.15, 0.2) is 5.82 Å². The standard InChI is InChI=1S/C5H2BrFN4/c6-3-1-4(7)5-8-9-10-11(5)2-3/h1-2H. The van der Waals surface area contributed by atoms with E-state index in [9.17, 15) is 4.39 Å². The smallest absolute Gasteiger partial charge is 0.203 e. The molecule has 0 amide bonds. The highest BCUT2D eigenvalue weighted by atomic mass is 79.9. The third-order valence-corrected chi connectivity index (χ3v) is 1.65. The molecule has 0 fully saturated rings. The largest absolute Gasteiger partial charge is 0.215 e. The maximum atomic E-state index is 12.9. The second-order valence-electron chi connectivity index (χ2n) is 1.95. The minimum atomic E-state index is -0.440. The monoisotopic (exact) mass is 216 g/mol. The van der Waals surface area contributed by atoms with Gasteiger partial charge in [-0.3, -0.25) is 0 Å². The van der Waals surface area contributed by atoms with E-state index in [1.807, 2.05) is 0 Å². The lowest BCUT2D eigenvalue weighted by Gasteiger charge is -1.91. The van der Waals surface area contributed by atoms with Crippen LogP contribution in [0.25, 0.3) is 5.65 Å². The molecule has 4 nitrogen and oxygen atoms in total. The fourth-order valence-corrected chi connectivity index (χ4v) is 1.17. The maximum absolute atomic E-state index is 12.9. The van der Waals surface area contributed by atoms with Crippen molar-refractivity contribution in [3.8, 4) is 0 Å². The molecule has 11 heavy (non-hydrogen) atoms. The molecule has 0 radical (unpaired) electrons. The van der Waals surface area contributed by atoms with Crippen molar-refractivity contribution < 1.29 is 4.39 Å². The van der Waals surface area contributed by atoms with Gasteiger partial charge >= 0.3 is 0 Å². The Morgan fingerprint density at radius 3 is 3.18 bits per heavy atom. The van der Waals surface area contributed by atoms with Crippen molar-refractivity contribution in [1.82, 2.24) is 20.0 Å². The molecule has 0 atom stereocenters. The van der Waals surface area contributed by atoms with E-state index in [-0.39, 0.29) is 5.65 Å². The number of pyridine rings is 1. The van der Waals surface area contributed by atoms with E-state index in [1.54, 1.807) is 6.20 Å². The van der Waals surface area contributed by atoms with E-state index in [0.717, 1.165) is 0 Å².